The second-order valence-corrected chi connectivity index (χ2v) is 6.90. The van der Waals surface area contributed by atoms with Gasteiger partial charge in [0.25, 0.3) is 5.56 Å². The minimum absolute atomic E-state index is 0.00993. The molecule has 30 heavy (non-hydrogen) atoms. The summed E-state index contributed by atoms with van der Waals surface area (Å²) in [6, 6.07) is 10.6. The average Bonchev–Trinajstić information content (AvgIpc) is 2.70. The fourth-order valence-corrected chi connectivity index (χ4v) is 3.27. The van der Waals surface area contributed by atoms with E-state index in [9.17, 15) is 13.6 Å². The Bertz CT molecular complexity index is 1130. The van der Waals surface area contributed by atoms with Gasteiger partial charge >= 0.3 is 0 Å². The molecule has 3 aromatic rings. The van der Waals surface area contributed by atoms with Gasteiger partial charge in [-0.05, 0) is 30.3 Å². The first-order valence-corrected chi connectivity index (χ1v) is 9.49. The standard InChI is InChI=1S/C21H16Cl2F2N2O3/c1-29-9-10-30-26-20(15-7-6-14(24)11-18(15)25)13-5-8-19(28)27(12-13)21-16(22)3-2-4-17(21)23/h2-8,11-12H,9-10H2,1H3/b26-20+. The van der Waals surface area contributed by atoms with E-state index in [2.05, 4.69) is 5.16 Å². The topological polar surface area (TPSA) is 52.8 Å². The van der Waals surface area contributed by atoms with Crippen LogP contribution in [0.25, 0.3) is 5.69 Å². The number of benzene rings is 2. The third kappa shape index (κ3) is 4.87. The number of nitrogens with zero attached hydrogens (tertiary/aromatic N) is 2. The Hall–Kier alpha value is -2.74. The quantitative estimate of drug-likeness (QED) is 0.292. The van der Waals surface area contributed by atoms with E-state index in [1.54, 1.807) is 18.2 Å². The van der Waals surface area contributed by atoms with Gasteiger partial charge in [0.2, 0.25) is 0 Å². The van der Waals surface area contributed by atoms with Gasteiger partial charge in [-0.15, -0.1) is 0 Å². The molecule has 0 unspecified atom stereocenters. The van der Waals surface area contributed by atoms with Crippen molar-refractivity contribution in [3.8, 4) is 5.69 Å². The van der Waals surface area contributed by atoms with E-state index in [0.717, 1.165) is 12.1 Å². The fraction of sp³-hybridized carbons (Fsp3) is 0.143. The first kappa shape index (κ1) is 22.0. The van der Waals surface area contributed by atoms with Crippen LogP contribution in [0.1, 0.15) is 11.1 Å². The predicted octanol–water partition coefficient (Wildman–Crippen LogP) is 4.84. The van der Waals surface area contributed by atoms with Crippen molar-refractivity contribution in [2.75, 3.05) is 20.3 Å². The number of aromatic nitrogens is 1. The molecular weight excluding hydrogens is 437 g/mol. The molecule has 5 nitrogen and oxygen atoms in total. The third-order valence-electron chi connectivity index (χ3n) is 4.08. The van der Waals surface area contributed by atoms with Crippen molar-refractivity contribution in [2.24, 2.45) is 5.16 Å². The Morgan fingerprint density at radius 3 is 2.47 bits per heavy atom. The van der Waals surface area contributed by atoms with Gasteiger partial charge in [0.15, 0.2) is 0 Å². The van der Waals surface area contributed by atoms with Crippen molar-refractivity contribution in [3.05, 3.63) is 97.9 Å². The maximum atomic E-state index is 14.5. The summed E-state index contributed by atoms with van der Waals surface area (Å²) in [6.45, 7) is 0.371. The van der Waals surface area contributed by atoms with Gasteiger partial charge in [-0.25, -0.2) is 8.78 Å². The van der Waals surface area contributed by atoms with Crippen LogP contribution >= 0.6 is 23.2 Å². The summed E-state index contributed by atoms with van der Waals surface area (Å²) in [6.07, 6.45) is 1.41. The zero-order valence-electron chi connectivity index (χ0n) is 15.7. The third-order valence-corrected chi connectivity index (χ3v) is 4.69. The molecule has 0 radical (unpaired) electrons. The highest BCUT2D eigenvalue weighted by molar-refractivity contribution is 6.37. The van der Waals surface area contributed by atoms with E-state index in [1.807, 2.05) is 0 Å². The molecule has 0 fully saturated rings. The number of para-hydroxylation sites is 1. The summed E-state index contributed by atoms with van der Waals surface area (Å²) in [7, 11) is 1.50. The van der Waals surface area contributed by atoms with Crippen molar-refractivity contribution in [1.82, 2.24) is 4.57 Å². The Balaban J connectivity index is 2.15. The normalized spacial score (nSPS) is 11.6. The average molecular weight is 453 g/mol. The van der Waals surface area contributed by atoms with Crippen LogP contribution in [0.15, 0.2) is 64.7 Å². The molecule has 0 bridgehead atoms. The van der Waals surface area contributed by atoms with Gasteiger partial charge in [-0.3, -0.25) is 9.36 Å². The van der Waals surface area contributed by atoms with E-state index < -0.39 is 17.2 Å². The highest BCUT2D eigenvalue weighted by atomic mass is 35.5. The first-order chi connectivity index (χ1) is 14.4. The monoisotopic (exact) mass is 452 g/mol. The van der Waals surface area contributed by atoms with E-state index in [0.29, 0.717) is 5.56 Å². The van der Waals surface area contributed by atoms with Crippen LogP contribution in [-0.4, -0.2) is 30.6 Å². The minimum atomic E-state index is -0.836. The van der Waals surface area contributed by atoms with E-state index in [-0.39, 0.29) is 40.2 Å². The van der Waals surface area contributed by atoms with Crippen LogP contribution in [0.2, 0.25) is 10.0 Å². The molecule has 1 aromatic heterocycles. The number of halogens is 4. The second kappa shape index (κ2) is 9.84. The van der Waals surface area contributed by atoms with E-state index in [1.165, 1.54) is 36.1 Å². The lowest BCUT2D eigenvalue weighted by molar-refractivity contribution is 0.0752. The number of hydrogen-bond acceptors (Lipinski definition) is 4. The van der Waals surface area contributed by atoms with Crippen LogP contribution < -0.4 is 5.56 Å². The summed E-state index contributed by atoms with van der Waals surface area (Å²) in [5.41, 5.74) is 0.234. The number of pyridine rings is 1. The van der Waals surface area contributed by atoms with Gasteiger partial charge in [0.1, 0.15) is 24.0 Å². The van der Waals surface area contributed by atoms with Gasteiger partial charge in [-0.1, -0.05) is 34.4 Å². The number of hydrogen-bond donors (Lipinski definition) is 0. The van der Waals surface area contributed by atoms with Crippen LogP contribution in [0.5, 0.6) is 0 Å². The summed E-state index contributed by atoms with van der Waals surface area (Å²) in [4.78, 5) is 17.7. The molecular formula is C21H16Cl2F2N2O3. The number of methoxy groups -OCH3 is 1. The molecule has 9 heteroatoms. The summed E-state index contributed by atoms with van der Waals surface area (Å²) in [5.74, 6) is -1.57. The van der Waals surface area contributed by atoms with E-state index in [4.69, 9.17) is 32.8 Å². The van der Waals surface area contributed by atoms with E-state index >= 15 is 0 Å². The van der Waals surface area contributed by atoms with Crippen molar-refractivity contribution < 1.29 is 18.4 Å². The SMILES string of the molecule is COCCO/N=C(\c1ccc(=O)n(-c2c(Cl)cccc2Cl)c1)c1ccc(F)cc1F. The predicted molar refractivity (Wildman–Crippen MR) is 112 cm³/mol. The molecule has 156 valence electrons. The zero-order valence-corrected chi connectivity index (χ0v) is 17.3. The summed E-state index contributed by atoms with van der Waals surface area (Å²) in [5, 5.41) is 4.50. The molecule has 0 saturated carbocycles. The van der Waals surface area contributed by atoms with Gasteiger partial charge in [0, 0.05) is 36.6 Å². The molecule has 1 heterocycles. The molecule has 0 spiro atoms. The van der Waals surface area contributed by atoms with Crippen molar-refractivity contribution >= 4 is 28.9 Å². The highest BCUT2D eigenvalue weighted by Gasteiger charge is 2.17. The van der Waals surface area contributed by atoms with Crippen LogP contribution in [0, 0.1) is 11.6 Å². The second-order valence-electron chi connectivity index (χ2n) is 6.09. The molecule has 0 atom stereocenters. The molecule has 0 N–H and O–H groups in total. The summed E-state index contributed by atoms with van der Waals surface area (Å²) >= 11 is 12.5. The lowest BCUT2D eigenvalue weighted by atomic mass is 10.0. The first-order valence-electron chi connectivity index (χ1n) is 8.74. The van der Waals surface area contributed by atoms with Crippen molar-refractivity contribution in [3.63, 3.8) is 0 Å². The number of ether oxygens (including phenoxy) is 1. The Morgan fingerprint density at radius 1 is 1.07 bits per heavy atom. The molecule has 0 aliphatic carbocycles. The fourth-order valence-electron chi connectivity index (χ4n) is 2.69. The molecule has 0 aliphatic heterocycles. The van der Waals surface area contributed by atoms with Crippen LogP contribution in [0.3, 0.4) is 0 Å². The lowest BCUT2D eigenvalue weighted by Crippen LogP contribution is -2.20. The smallest absolute Gasteiger partial charge is 0.255 e. The molecule has 0 saturated heterocycles. The maximum Gasteiger partial charge on any atom is 0.255 e. The Labute approximate surface area is 181 Å². The van der Waals surface area contributed by atoms with Gasteiger partial charge in [0.05, 0.1) is 22.3 Å². The van der Waals surface area contributed by atoms with Crippen molar-refractivity contribution in [1.29, 1.82) is 0 Å². The van der Waals surface area contributed by atoms with Crippen LogP contribution in [-0.2, 0) is 9.57 Å². The highest BCUT2D eigenvalue weighted by Crippen LogP contribution is 2.27. The lowest BCUT2D eigenvalue weighted by Gasteiger charge is -2.13. The largest absolute Gasteiger partial charge is 0.393 e. The van der Waals surface area contributed by atoms with Crippen molar-refractivity contribution in [2.45, 2.75) is 0 Å². The molecule has 2 aromatic carbocycles. The number of rotatable bonds is 7. The zero-order chi connectivity index (χ0) is 21.7. The van der Waals surface area contributed by atoms with Crippen LogP contribution in [0.4, 0.5) is 8.78 Å². The van der Waals surface area contributed by atoms with Gasteiger partial charge < -0.3 is 9.57 Å². The molecule has 0 amide bonds. The molecule has 3 rings (SSSR count). The summed E-state index contributed by atoms with van der Waals surface area (Å²) < 4.78 is 34.0. The maximum absolute atomic E-state index is 14.5. The minimum Gasteiger partial charge on any atom is -0.393 e. The Morgan fingerprint density at radius 2 is 1.80 bits per heavy atom. The Kier molecular flexibility index (Phi) is 7.20. The van der Waals surface area contributed by atoms with Gasteiger partial charge in [-0.2, -0.15) is 0 Å². The molecule has 0 aliphatic rings. The number of oxime groups is 1.